The molecular formula is C28H26N2O3. The molecule has 0 radical (unpaired) electrons. The van der Waals surface area contributed by atoms with Crippen molar-refractivity contribution in [1.29, 1.82) is 0 Å². The highest BCUT2D eigenvalue weighted by atomic mass is 16.5. The fourth-order valence-electron chi connectivity index (χ4n) is 3.67. The number of hydrogen-bond acceptors (Lipinski definition) is 3. The van der Waals surface area contributed by atoms with Crippen LogP contribution in [0.2, 0.25) is 0 Å². The first-order valence-electron chi connectivity index (χ1n) is 10.8. The second kappa shape index (κ2) is 10.0. The minimum Gasteiger partial charge on any atom is -0.483 e. The second-order valence-corrected chi connectivity index (χ2v) is 8.02. The summed E-state index contributed by atoms with van der Waals surface area (Å²) in [6.45, 7) is 4.15. The molecule has 33 heavy (non-hydrogen) atoms. The molecule has 0 saturated carbocycles. The number of ether oxygens (including phenoxy) is 1. The highest BCUT2D eigenvalue weighted by Gasteiger charge is 2.16. The average Bonchev–Trinajstić information content (AvgIpc) is 2.83. The molecular weight excluding hydrogens is 412 g/mol. The van der Waals surface area contributed by atoms with Crippen molar-refractivity contribution >= 4 is 28.3 Å². The molecule has 166 valence electrons. The van der Waals surface area contributed by atoms with Gasteiger partial charge in [-0.25, -0.2) is 0 Å². The maximum Gasteiger partial charge on any atom is 0.262 e. The Labute approximate surface area is 193 Å². The Morgan fingerprint density at radius 3 is 2.24 bits per heavy atom. The fourth-order valence-corrected chi connectivity index (χ4v) is 3.67. The van der Waals surface area contributed by atoms with Gasteiger partial charge in [0.1, 0.15) is 5.75 Å². The molecule has 4 rings (SSSR count). The van der Waals surface area contributed by atoms with Gasteiger partial charge in [-0.15, -0.1) is 0 Å². The lowest BCUT2D eigenvalue weighted by molar-refractivity contribution is -0.118. The molecule has 4 aromatic rings. The molecule has 2 N–H and O–H groups in total. The van der Waals surface area contributed by atoms with Crippen LogP contribution in [0.5, 0.6) is 5.75 Å². The summed E-state index contributed by atoms with van der Waals surface area (Å²) in [6.07, 6.45) is 0. The zero-order valence-electron chi connectivity index (χ0n) is 18.7. The molecule has 5 heteroatoms. The molecule has 0 saturated heterocycles. The van der Waals surface area contributed by atoms with Crippen molar-refractivity contribution < 1.29 is 14.3 Å². The molecule has 2 amide bonds. The van der Waals surface area contributed by atoms with Gasteiger partial charge < -0.3 is 15.4 Å². The summed E-state index contributed by atoms with van der Waals surface area (Å²) in [7, 11) is 0. The number of rotatable bonds is 7. The summed E-state index contributed by atoms with van der Waals surface area (Å²) in [5, 5.41) is 7.67. The van der Waals surface area contributed by atoms with Gasteiger partial charge in [0.15, 0.2) is 6.61 Å². The van der Waals surface area contributed by atoms with Crippen molar-refractivity contribution in [3.8, 4) is 5.75 Å². The Hall–Kier alpha value is -4.12. The summed E-state index contributed by atoms with van der Waals surface area (Å²) >= 11 is 0. The standard InChI is InChI=1S/C28H26N2O3/c1-19-12-13-25(20(2)14-19)30-27(31)18-33-26-16-23-11-7-6-10-22(23)15-24(26)28(32)29-17-21-8-4-3-5-9-21/h3-16H,17-18H2,1-2H3,(H,29,32)(H,30,31). The number of benzene rings is 4. The van der Waals surface area contributed by atoms with Gasteiger partial charge in [0.2, 0.25) is 0 Å². The minimum atomic E-state index is -0.286. The van der Waals surface area contributed by atoms with Crippen LogP contribution >= 0.6 is 0 Å². The lowest BCUT2D eigenvalue weighted by atomic mass is 10.1. The average molecular weight is 439 g/mol. The van der Waals surface area contributed by atoms with Gasteiger partial charge >= 0.3 is 0 Å². The molecule has 0 aliphatic rings. The smallest absolute Gasteiger partial charge is 0.262 e. The Morgan fingerprint density at radius 2 is 1.52 bits per heavy atom. The minimum absolute atomic E-state index is 0.204. The number of fused-ring (bicyclic) bond motifs is 1. The quantitative estimate of drug-likeness (QED) is 0.406. The van der Waals surface area contributed by atoms with Crippen LogP contribution in [0, 0.1) is 13.8 Å². The Morgan fingerprint density at radius 1 is 0.818 bits per heavy atom. The van der Waals surface area contributed by atoms with E-state index in [-0.39, 0.29) is 18.4 Å². The number of anilines is 1. The number of amides is 2. The van der Waals surface area contributed by atoms with E-state index in [0.29, 0.717) is 17.9 Å². The van der Waals surface area contributed by atoms with E-state index in [2.05, 4.69) is 10.6 Å². The fraction of sp³-hybridized carbons (Fsp3) is 0.143. The van der Waals surface area contributed by atoms with Crippen LogP contribution in [0.1, 0.15) is 27.0 Å². The van der Waals surface area contributed by atoms with E-state index in [1.54, 1.807) is 12.1 Å². The first kappa shape index (κ1) is 22.1. The van der Waals surface area contributed by atoms with Crippen molar-refractivity contribution in [2.75, 3.05) is 11.9 Å². The maximum absolute atomic E-state index is 13.0. The van der Waals surface area contributed by atoms with E-state index in [0.717, 1.165) is 33.2 Å². The van der Waals surface area contributed by atoms with Gasteiger partial charge in [0, 0.05) is 12.2 Å². The number of carbonyl (C=O) groups is 2. The number of hydrogen-bond donors (Lipinski definition) is 2. The summed E-state index contributed by atoms with van der Waals surface area (Å²) in [6, 6.07) is 26.9. The molecule has 0 bridgehead atoms. The van der Waals surface area contributed by atoms with Crippen molar-refractivity contribution in [1.82, 2.24) is 5.32 Å². The van der Waals surface area contributed by atoms with Crippen molar-refractivity contribution in [2.45, 2.75) is 20.4 Å². The monoisotopic (exact) mass is 438 g/mol. The molecule has 0 unspecified atom stereocenters. The van der Waals surface area contributed by atoms with Crippen LogP contribution in [-0.4, -0.2) is 18.4 Å². The lowest BCUT2D eigenvalue weighted by Gasteiger charge is -2.14. The SMILES string of the molecule is Cc1ccc(NC(=O)COc2cc3ccccc3cc2C(=O)NCc2ccccc2)c(C)c1. The Bertz CT molecular complexity index is 1300. The van der Waals surface area contributed by atoms with E-state index in [1.807, 2.05) is 86.6 Å². The highest BCUT2D eigenvalue weighted by molar-refractivity contribution is 6.02. The Balaban J connectivity index is 1.51. The van der Waals surface area contributed by atoms with Crippen LogP contribution in [0.25, 0.3) is 10.8 Å². The third-order valence-electron chi connectivity index (χ3n) is 5.40. The topological polar surface area (TPSA) is 67.4 Å². The van der Waals surface area contributed by atoms with Crippen LogP contribution in [0.4, 0.5) is 5.69 Å². The van der Waals surface area contributed by atoms with Crippen molar-refractivity contribution in [2.24, 2.45) is 0 Å². The Kier molecular flexibility index (Phi) is 6.69. The first-order chi connectivity index (χ1) is 16.0. The maximum atomic E-state index is 13.0. The lowest BCUT2D eigenvalue weighted by Crippen LogP contribution is -2.25. The van der Waals surface area contributed by atoms with E-state index in [4.69, 9.17) is 4.74 Å². The normalized spacial score (nSPS) is 10.6. The zero-order valence-corrected chi connectivity index (χ0v) is 18.7. The second-order valence-electron chi connectivity index (χ2n) is 8.02. The van der Waals surface area contributed by atoms with Crippen molar-refractivity contribution in [3.63, 3.8) is 0 Å². The van der Waals surface area contributed by atoms with Gasteiger partial charge in [0.05, 0.1) is 5.56 Å². The first-order valence-corrected chi connectivity index (χ1v) is 10.8. The molecule has 0 aliphatic heterocycles. The van der Waals surface area contributed by atoms with Gasteiger partial charge in [-0.3, -0.25) is 9.59 Å². The van der Waals surface area contributed by atoms with Crippen molar-refractivity contribution in [3.05, 3.63) is 107 Å². The predicted octanol–water partition coefficient (Wildman–Crippen LogP) is 5.40. The third kappa shape index (κ3) is 5.57. The number of carbonyl (C=O) groups excluding carboxylic acids is 2. The number of nitrogens with one attached hydrogen (secondary N) is 2. The summed E-state index contributed by atoms with van der Waals surface area (Å²) in [4.78, 5) is 25.5. The van der Waals surface area contributed by atoms with Crippen LogP contribution in [-0.2, 0) is 11.3 Å². The van der Waals surface area contributed by atoms with Crippen LogP contribution < -0.4 is 15.4 Å². The van der Waals surface area contributed by atoms with E-state index in [1.165, 1.54) is 0 Å². The molecule has 5 nitrogen and oxygen atoms in total. The molecule has 0 aromatic heterocycles. The van der Waals surface area contributed by atoms with E-state index in [9.17, 15) is 9.59 Å². The van der Waals surface area contributed by atoms with Gasteiger partial charge in [-0.05, 0) is 53.9 Å². The number of aryl methyl sites for hydroxylation is 2. The van der Waals surface area contributed by atoms with Gasteiger partial charge in [0.25, 0.3) is 11.8 Å². The molecule has 0 atom stereocenters. The van der Waals surface area contributed by atoms with Crippen LogP contribution in [0.3, 0.4) is 0 Å². The van der Waals surface area contributed by atoms with Gasteiger partial charge in [-0.1, -0.05) is 72.3 Å². The molecule has 0 aliphatic carbocycles. The summed E-state index contributed by atoms with van der Waals surface area (Å²) < 4.78 is 5.84. The molecule has 0 spiro atoms. The summed E-state index contributed by atoms with van der Waals surface area (Å²) in [5.41, 5.74) is 4.25. The van der Waals surface area contributed by atoms with E-state index >= 15 is 0 Å². The molecule has 0 fully saturated rings. The third-order valence-corrected chi connectivity index (χ3v) is 5.40. The molecule has 0 heterocycles. The predicted molar refractivity (Wildman–Crippen MR) is 132 cm³/mol. The van der Waals surface area contributed by atoms with Crippen LogP contribution in [0.15, 0.2) is 84.9 Å². The van der Waals surface area contributed by atoms with E-state index < -0.39 is 0 Å². The molecule has 4 aromatic carbocycles. The highest BCUT2D eigenvalue weighted by Crippen LogP contribution is 2.26. The van der Waals surface area contributed by atoms with Gasteiger partial charge in [-0.2, -0.15) is 0 Å². The largest absolute Gasteiger partial charge is 0.483 e. The summed E-state index contributed by atoms with van der Waals surface area (Å²) in [5.74, 6) is -0.171. The zero-order chi connectivity index (χ0) is 23.2.